The van der Waals surface area contributed by atoms with Crippen LogP contribution in [0.15, 0.2) is 35.2 Å². The van der Waals surface area contributed by atoms with Gasteiger partial charge in [-0.05, 0) is 18.6 Å². The minimum atomic E-state index is -1.17. The highest BCUT2D eigenvalue weighted by Crippen LogP contribution is 2.16. The van der Waals surface area contributed by atoms with Crippen LogP contribution in [0.5, 0.6) is 0 Å². The van der Waals surface area contributed by atoms with Crippen molar-refractivity contribution in [3.63, 3.8) is 0 Å². The van der Waals surface area contributed by atoms with Crippen molar-refractivity contribution >= 4 is 29.6 Å². The topological polar surface area (TPSA) is 92.7 Å². The Morgan fingerprint density at radius 2 is 1.95 bits per heavy atom. The number of benzene rings is 1. The third-order valence-electron chi connectivity index (χ3n) is 2.61. The number of esters is 1. The maximum atomic E-state index is 11.7. The quantitative estimate of drug-likeness (QED) is 0.555. The number of carboxylic acid groups (broad SMARTS) is 1. The second-order valence-electron chi connectivity index (χ2n) is 4.17. The van der Waals surface area contributed by atoms with Gasteiger partial charge in [-0.25, -0.2) is 4.79 Å². The van der Waals surface area contributed by atoms with E-state index in [4.69, 9.17) is 5.11 Å². The van der Waals surface area contributed by atoms with Gasteiger partial charge in [-0.1, -0.05) is 18.2 Å². The van der Waals surface area contributed by atoms with Gasteiger partial charge in [-0.15, -0.1) is 11.8 Å². The highest BCUT2D eigenvalue weighted by Gasteiger charge is 2.21. The van der Waals surface area contributed by atoms with Gasteiger partial charge in [-0.3, -0.25) is 9.59 Å². The number of carbonyl (C=O) groups excluding carboxylic acids is 2. The smallest absolute Gasteiger partial charge is 0.326 e. The summed E-state index contributed by atoms with van der Waals surface area (Å²) in [5.74, 6) is -1.95. The Balaban J connectivity index is 2.41. The lowest BCUT2D eigenvalue weighted by Gasteiger charge is -2.13. The Labute approximate surface area is 126 Å². The van der Waals surface area contributed by atoms with E-state index in [2.05, 4.69) is 10.1 Å². The molecule has 1 amide bonds. The number of ether oxygens (including phenoxy) is 1. The van der Waals surface area contributed by atoms with Crippen LogP contribution in [0.1, 0.15) is 12.8 Å². The lowest BCUT2D eigenvalue weighted by molar-refractivity contribution is -0.143. The Hall–Kier alpha value is -2.02. The monoisotopic (exact) mass is 311 g/mol. The van der Waals surface area contributed by atoms with Crippen molar-refractivity contribution < 1.29 is 24.2 Å². The second kappa shape index (κ2) is 9.02. The van der Waals surface area contributed by atoms with Gasteiger partial charge in [0, 0.05) is 11.3 Å². The second-order valence-corrected chi connectivity index (χ2v) is 5.22. The van der Waals surface area contributed by atoms with Crippen molar-refractivity contribution in [2.75, 3.05) is 12.9 Å². The van der Waals surface area contributed by atoms with Crippen LogP contribution in [0.25, 0.3) is 0 Å². The van der Waals surface area contributed by atoms with Gasteiger partial charge in [-0.2, -0.15) is 0 Å². The summed E-state index contributed by atoms with van der Waals surface area (Å²) in [6.07, 6.45) is -0.0523. The Bertz CT molecular complexity index is 491. The number of carboxylic acids is 1. The summed E-state index contributed by atoms with van der Waals surface area (Å²) < 4.78 is 4.44. The van der Waals surface area contributed by atoms with E-state index < -0.39 is 18.0 Å². The molecule has 21 heavy (non-hydrogen) atoms. The number of rotatable bonds is 8. The molecule has 0 spiro atoms. The summed E-state index contributed by atoms with van der Waals surface area (Å²) in [6.45, 7) is 0. The Kier molecular flexibility index (Phi) is 7.31. The fourth-order valence-corrected chi connectivity index (χ4v) is 2.25. The number of carbonyl (C=O) groups is 3. The average molecular weight is 311 g/mol. The van der Waals surface area contributed by atoms with E-state index in [1.54, 1.807) is 0 Å². The van der Waals surface area contributed by atoms with Crippen LogP contribution in [0.2, 0.25) is 0 Å². The molecule has 0 saturated carbocycles. The molecule has 6 nitrogen and oxygen atoms in total. The Morgan fingerprint density at radius 1 is 1.29 bits per heavy atom. The number of methoxy groups -OCH3 is 1. The molecule has 0 fully saturated rings. The zero-order valence-electron chi connectivity index (χ0n) is 11.6. The van der Waals surface area contributed by atoms with Crippen LogP contribution >= 0.6 is 11.8 Å². The number of hydrogen-bond acceptors (Lipinski definition) is 5. The van der Waals surface area contributed by atoms with Gasteiger partial charge in [0.15, 0.2) is 0 Å². The fourth-order valence-electron chi connectivity index (χ4n) is 1.52. The normalized spacial score (nSPS) is 11.5. The van der Waals surface area contributed by atoms with Crippen molar-refractivity contribution in [3.8, 4) is 0 Å². The molecule has 1 aromatic carbocycles. The van der Waals surface area contributed by atoms with Crippen LogP contribution in [0.3, 0.4) is 0 Å². The minimum absolute atomic E-state index is 0.00372. The summed E-state index contributed by atoms with van der Waals surface area (Å²) in [5.41, 5.74) is 0. The summed E-state index contributed by atoms with van der Waals surface area (Å²) in [7, 11) is 1.23. The fraction of sp³-hybridized carbons (Fsp3) is 0.357. The number of thioether (sulfide) groups is 1. The number of hydrogen-bond donors (Lipinski definition) is 2. The Morgan fingerprint density at radius 3 is 2.52 bits per heavy atom. The van der Waals surface area contributed by atoms with E-state index in [1.165, 1.54) is 18.9 Å². The van der Waals surface area contributed by atoms with Gasteiger partial charge >= 0.3 is 11.9 Å². The van der Waals surface area contributed by atoms with Crippen molar-refractivity contribution in [2.45, 2.75) is 23.8 Å². The predicted molar refractivity (Wildman–Crippen MR) is 78.0 cm³/mol. The van der Waals surface area contributed by atoms with Crippen molar-refractivity contribution in [3.05, 3.63) is 30.3 Å². The van der Waals surface area contributed by atoms with E-state index >= 15 is 0 Å². The largest absolute Gasteiger partial charge is 0.480 e. The summed E-state index contributed by atoms with van der Waals surface area (Å²) in [4.78, 5) is 34.7. The summed E-state index contributed by atoms with van der Waals surface area (Å²) in [6, 6.07) is 8.23. The lowest BCUT2D eigenvalue weighted by atomic mass is 10.1. The standard InChI is InChI=1S/C14H17NO5S/c1-20-13(17)8-7-11(14(18)19)15-12(16)9-21-10-5-3-2-4-6-10/h2-6,11H,7-9H2,1H3,(H,15,16)(H,18,19)/t11-/m0/s1. The summed E-state index contributed by atoms with van der Waals surface area (Å²) in [5, 5.41) is 11.4. The molecule has 1 atom stereocenters. The zero-order valence-corrected chi connectivity index (χ0v) is 12.4. The van der Waals surface area contributed by atoms with Crippen LogP contribution in [-0.2, 0) is 19.1 Å². The molecule has 0 unspecified atom stereocenters. The van der Waals surface area contributed by atoms with Crippen molar-refractivity contribution in [2.24, 2.45) is 0 Å². The van der Waals surface area contributed by atoms with Gasteiger partial charge in [0.05, 0.1) is 12.9 Å². The third-order valence-corrected chi connectivity index (χ3v) is 3.62. The van der Waals surface area contributed by atoms with Crippen molar-refractivity contribution in [1.29, 1.82) is 0 Å². The highest BCUT2D eigenvalue weighted by atomic mass is 32.2. The van der Waals surface area contributed by atoms with Gasteiger partial charge < -0.3 is 15.2 Å². The molecule has 7 heteroatoms. The summed E-state index contributed by atoms with van der Waals surface area (Å²) >= 11 is 1.31. The molecule has 0 aromatic heterocycles. The molecule has 0 aliphatic rings. The molecule has 0 saturated heterocycles. The van der Waals surface area contributed by atoms with Crippen molar-refractivity contribution in [1.82, 2.24) is 5.32 Å². The molecule has 1 aromatic rings. The predicted octanol–water partition coefficient (Wildman–Crippen LogP) is 1.30. The van der Waals surface area contributed by atoms with Crippen LogP contribution < -0.4 is 5.32 Å². The van der Waals surface area contributed by atoms with E-state index in [1.807, 2.05) is 30.3 Å². The minimum Gasteiger partial charge on any atom is -0.480 e. The van der Waals surface area contributed by atoms with E-state index in [0.717, 1.165) is 4.90 Å². The first-order chi connectivity index (χ1) is 10.0. The van der Waals surface area contributed by atoms with Gasteiger partial charge in [0.2, 0.25) is 5.91 Å². The van der Waals surface area contributed by atoms with E-state index in [0.29, 0.717) is 0 Å². The molecular formula is C14H17NO5S. The average Bonchev–Trinajstić information content (AvgIpc) is 2.49. The van der Waals surface area contributed by atoms with Crippen LogP contribution in [0, 0.1) is 0 Å². The van der Waals surface area contributed by atoms with Crippen LogP contribution in [0.4, 0.5) is 0 Å². The van der Waals surface area contributed by atoms with E-state index in [-0.39, 0.29) is 24.5 Å². The maximum absolute atomic E-state index is 11.7. The first kappa shape index (κ1) is 17.0. The molecule has 1 rings (SSSR count). The molecular weight excluding hydrogens is 294 g/mol. The SMILES string of the molecule is COC(=O)CC[C@H](NC(=O)CSc1ccccc1)C(=O)O. The lowest BCUT2D eigenvalue weighted by Crippen LogP contribution is -2.42. The molecule has 0 bridgehead atoms. The third kappa shape index (κ3) is 6.80. The number of aliphatic carboxylic acids is 1. The molecule has 0 aliphatic heterocycles. The highest BCUT2D eigenvalue weighted by molar-refractivity contribution is 8.00. The first-order valence-electron chi connectivity index (χ1n) is 6.29. The first-order valence-corrected chi connectivity index (χ1v) is 7.28. The molecule has 114 valence electrons. The van der Waals surface area contributed by atoms with Gasteiger partial charge in [0.25, 0.3) is 0 Å². The van der Waals surface area contributed by atoms with Crippen LogP contribution in [-0.4, -0.2) is 41.9 Å². The number of nitrogens with one attached hydrogen (secondary N) is 1. The number of amides is 1. The molecule has 2 N–H and O–H groups in total. The molecule has 0 aliphatic carbocycles. The van der Waals surface area contributed by atoms with Gasteiger partial charge in [0.1, 0.15) is 6.04 Å². The maximum Gasteiger partial charge on any atom is 0.326 e. The molecule has 0 heterocycles. The molecule has 0 radical (unpaired) electrons. The zero-order chi connectivity index (χ0) is 15.7. The van der Waals surface area contributed by atoms with E-state index in [9.17, 15) is 14.4 Å².